The minimum absolute atomic E-state index is 0.0226. The highest BCUT2D eigenvalue weighted by Crippen LogP contribution is 2.70. The summed E-state index contributed by atoms with van der Waals surface area (Å²) in [7, 11) is 0. The van der Waals surface area contributed by atoms with Crippen molar-refractivity contribution in [2.24, 2.45) is 23.7 Å². The normalized spacial score (nSPS) is 32.7. The molecule has 1 heteroatoms. The van der Waals surface area contributed by atoms with E-state index in [-0.39, 0.29) is 75.8 Å². The van der Waals surface area contributed by atoms with Crippen LogP contribution >= 0.6 is 0 Å². The summed E-state index contributed by atoms with van der Waals surface area (Å²) in [5.41, 5.74) is 8.04. The van der Waals surface area contributed by atoms with Gasteiger partial charge in [0, 0.05) is 11.1 Å². The van der Waals surface area contributed by atoms with Gasteiger partial charge < -0.3 is 4.90 Å². The standard InChI is InChI=1S/C50H59N/c1-46(2)21-23-48(5,6)44-39(46)15-11-17-42(44)51(43-18-12-16-40-45(43)49(7,8)24-22-47(40,3)4)35-19-20-37-36-13-9-10-14-38(36)50(41(37)30-35)33-26-31-25-32(28-33)29-34(50)27-31/h9-20,30-34H,21-29H2,1-8H3/i9D,10D,13D,14D,19D,20D,30D. The van der Waals surface area contributed by atoms with Crippen molar-refractivity contribution in [1.29, 1.82) is 0 Å². The van der Waals surface area contributed by atoms with E-state index in [1.807, 2.05) is 0 Å². The van der Waals surface area contributed by atoms with Gasteiger partial charge in [-0.05, 0) is 172 Å². The van der Waals surface area contributed by atoms with Gasteiger partial charge in [0.05, 0.1) is 21.0 Å². The van der Waals surface area contributed by atoms with Crippen LogP contribution < -0.4 is 4.90 Å². The fraction of sp³-hybridized carbons (Fsp3) is 0.520. The Morgan fingerprint density at radius 3 is 1.57 bits per heavy atom. The zero-order valence-corrected chi connectivity index (χ0v) is 32.1. The lowest BCUT2D eigenvalue weighted by Crippen LogP contribution is -2.55. The third kappa shape index (κ3) is 4.33. The molecule has 0 aromatic heterocycles. The van der Waals surface area contributed by atoms with Gasteiger partial charge in [0.25, 0.3) is 0 Å². The van der Waals surface area contributed by atoms with Gasteiger partial charge in [-0.25, -0.2) is 0 Å². The molecular formula is C50H59N. The smallest absolute Gasteiger partial charge is 0.0648 e. The Morgan fingerprint density at radius 2 is 1.02 bits per heavy atom. The average Bonchev–Trinajstić information content (AvgIpc) is 3.49. The Bertz CT molecular complexity index is 2370. The molecule has 4 saturated carbocycles. The Kier molecular flexibility index (Phi) is 5.24. The number of anilines is 3. The van der Waals surface area contributed by atoms with E-state index >= 15 is 0 Å². The van der Waals surface area contributed by atoms with Crippen LogP contribution in [0.25, 0.3) is 11.1 Å². The molecule has 4 aromatic rings. The molecule has 0 atom stereocenters. The Balaban J connectivity index is 1.37. The molecule has 0 N–H and O–H groups in total. The summed E-state index contributed by atoms with van der Waals surface area (Å²) in [6.45, 7) is 18.7. The van der Waals surface area contributed by atoms with Crippen LogP contribution in [0.4, 0.5) is 17.1 Å². The maximum absolute atomic E-state index is 10.8. The fourth-order valence-electron chi connectivity index (χ4n) is 12.8. The third-order valence-corrected chi connectivity index (χ3v) is 15.3. The second-order valence-electron chi connectivity index (χ2n) is 20.2. The van der Waals surface area contributed by atoms with Crippen LogP contribution in [0.2, 0.25) is 0 Å². The van der Waals surface area contributed by atoms with E-state index in [2.05, 4.69) is 96.7 Å². The largest absolute Gasteiger partial charge is 0.310 e. The van der Waals surface area contributed by atoms with Crippen LogP contribution in [0.5, 0.6) is 0 Å². The summed E-state index contributed by atoms with van der Waals surface area (Å²) in [6.07, 6.45) is 9.17. The molecule has 4 bridgehead atoms. The molecule has 7 aliphatic carbocycles. The number of nitrogens with zero attached hydrogens (tertiary/aromatic N) is 1. The van der Waals surface area contributed by atoms with Gasteiger partial charge in [0.2, 0.25) is 0 Å². The van der Waals surface area contributed by atoms with Gasteiger partial charge in [-0.1, -0.05) is 110 Å². The molecule has 1 spiro atoms. The van der Waals surface area contributed by atoms with Crippen LogP contribution in [0.1, 0.15) is 156 Å². The Labute approximate surface area is 318 Å². The van der Waals surface area contributed by atoms with E-state index in [0.29, 0.717) is 39.8 Å². The van der Waals surface area contributed by atoms with Gasteiger partial charge in [-0.3, -0.25) is 0 Å². The highest BCUT2D eigenvalue weighted by Gasteiger charge is 2.61. The molecular weight excluding hydrogens is 615 g/mol. The number of hydrogen-bond acceptors (Lipinski definition) is 1. The van der Waals surface area contributed by atoms with Crippen LogP contribution in [0.3, 0.4) is 0 Å². The molecule has 4 aromatic carbocycles. The van der Waals surface area contributed by atoms with Crippen molar-refractivity contribution in [1.82, 2.24) is 0 Å². The van der Waals surface area contributed by atoms with Gasteiger partial charge >= 0.3 is 0 Å². The van der Waals surface area contributed by atoms with Crippen molar-refractivity contribution in [2.45, 2.75) is 140 Å². The van der Waals surface area contributed by atoms with Crippen molar-refractivity contribution in [3.8, 4) is 11.1 Å². The van der Waals surface area contributed by atoms with Crippen LogP contribution in [0.15, 0.2) is 78.7 Å². The molecule has 11 rings (SSSR count). The van der Waals surface area contributed by atoms with Gasteiger partial charge in [0.1, 0.15) is 0 Å². The van der Waals surface area contributed by atoms with E-state index in [9.17, 15) is 6.85 Å². The molecule has 0 heterocycles. The van der Waals surface area contributed by atoms with Gasteiger partial charge in [-0.2, -0.15) is 0 Å². The first-order valence-corrected chi connectivity index (χ1v) is 20.0. The second-order valence-corrected chi connectivity index (χ2v) is 20.2. The van der Waals surface area contributed by atoms with Crippen molar-refractivity contribution in [3.63, 3.8) is 0 Å². The summed E-state index contributed by atoms with van der Waals surface area (Å²) in [5, 5.41) is 0. The van der Waals surface area contributed by atoms with E-state index in [1.165, 1.54) is 28.7 Å². The van der Waals surface area contributed by atoms with Crippen molar-refractivity contribution in [3.05, 3.63) is 112 Å². The first-order chi connectivity index (χ1) is 27.1. The third-order valence-electron chi connectivity index (χ3n) is 15.3. The summed E-state index contributed by atoms with van der Waals surface area (Å²) in [5.74, 6) is 1.38. The predicted octanol–water partition coefficient (Wildman–Crippen LogP) is 13.6. The maximum atomic E-state index is 10.8. The summed E-state index contributed by atoms with van der Waals surface area (Å²) < 4.78 is 68.0. The number of benzene rings is 4. The summed E-state index contributed by atoms with van der Waals surface area (Å²) in [6, 6.07) is 12.6. The van der Waals surface area contributed by atoms with Crippen molar-refractivity contribution in [2.75, 3.05) is 4.90 Å². The molecule has 264 valence electrons. The Morgan fingerprint density at radius 1 is 0.529 bits per heavy atom. The van der Waals surface area contributed by atoms with Gasteiger partial charge in [0.15, 0.2) is 0 Å². The van der Waals surface area contributed by atoms with Crippen LogP contribution in [0, 0.1) is 23.7 Å². The molecule has 0 amide bonds. The molecule has 0 saturated heterocycles. The SMILES string of the molecule is [2H]c1c([2H])c([2H])c2c(c1[2H])-c1c([2H])c([2H])c(N(c3cccc4c3C(C)(C)CCC4(C)C)c3cccc4c3C(C)(C)CCC4(C)C)c([2H])c1C21C2CC3CC(C2)CC1C3. The second kappa shape index (κ2) is 10.4. The molecule has 4 fully saturated rings. The first-order valence-electron chi connectivity index (χ1n) is 23.5. The van der Waals surface area contributed by atoms with Crippen molar-refractivity contribution < 1.29 is 9.60 Å². The average molecular weight is 681 g/mol. The molecule has 7 aliphatic rings. The summed E-state index contributed by atoms with van der Waals surface area (Å²) in [4.78, 5) is 2.23. The molecule has 51 heavy (non-hydrogen) atoms. The first kappa shape index (κ1) is 25.6. The number of hydrogen-bond donors (Lipinski definition) is 0. The molecule has 1 nitrogen and oxygen atoms in total. The molecule has 0 aliphatic heterocycles. The van der Waals surface area contributed by atoms with Crippen molar-refractivity contribution >= 4 is 17.1 Å². The van der Waals surface area contributed by atoms with E-state index in [0.717, 1.165) is 62.7 Å². The molecule has 0 radical (unpaired) electrons. The Hall–Kier alpha value is -3.32. The number of fused-ring (bicyclic) bond motifs is 5. The van der Waals surface area contributed by atoms with Gasteiger partial charge in [-0.15, -0.1) is 0 Å². The lowest BCUT2D eigenvalue weighted by Gasteiger charge is -2.61. The van der Waals surface area contributed by atoms with Crippen LogP contribution in [-0.4, -0.2) is 0 Å². The zero-order chi connectivity index (χ0) is 41.4. The lowest BCUT2D eigenvalue weighted by molar-refractivity contribution is -0.0399. The molecule has 0 unspecified atom stereocenters. The number of rotatable bonds is 3. The topological polar surface area (TPSA) is 3.24 Å². The van der Waals surface area contributed by atoms with E-state index in [4.69, 9.17) is 2.74 Å². The zero-order valence-electron chi connectivity index (χ0n) is 39.1. The quantitative estimate of drug-likeness (QED) is 0.208. The minimum atomic E-state index is -0.815. The maximum Gasteiger partial charge on any atom is 0.0648 e. The summed E-state index contributed by atoms with van der Waals surface area (Å²) >= 11 is 0. The lowest BCUT2D eigenvalue weighted by atomic mass is 9.43. The minimum Gasteiger partial charge on any atom is -0.310 e. The fourth-order valence-corrected chi connectivity index (χ4v) is 12.8. The van der Waals surface area contributed by atoms with Crippen LogP contribution in [-0.2, 0) is 27.1 Å². The monoisotopic (exact) mass is 681 g/mol. The van der Waals surface area contributed by atoms with E-state index in [1.54, 1.807) is 0 Å². The predicted molar refractivity (Wildman–Crippen MR) is 215 cm³/mol. The van der Waals surface area contributed by atoms with E-state index < -0.39 is 5.41 Å². The highest BCUT2D eigenvalue weighted by molar-refractivity contribution is 5.88. The highest BCUT2D eigenvalue weighted by atomic mass is 15.2.